The number of hydrogen-bond donors (Lipinski definition) is 0. The fourth-order valence-electron chi connectivity index (χ4n) is 1.47. The van der Waals surface area contributed by atoms with Gasteiger partial charge in [0.2, 0.25) is 0 Å². The fraction of sp³-hybridized carbons (Fsp3) is 0.615. The number of ether oxygens (including phenoxy) is 1. The maximum absolute atomic E-state index is 5.72. The third-order valence-corrected chi connectivity index (χ3v) is 2.25. The van der Waals surface area contributed by atoms with Crippen LogP contribution in [-0.2, 0) is 9.31 Å². The molecule has 1 fully saturated rings. The van der Waals surface area contributed by atoms with Gasteiger partial charge in [-0.05, 0) is 19.9 Å². The molecule has 2 heterocycles. The monoisotopic (exact) mass is 251 g/mol. The van der Waals surface area contributed by atoms with Gasteiger partial charge in [0, 0.05) is 11.7 Å². The number of rotatable bonds is 2. The summed E-state index contributed by atoms with van der Waals surface area (Å²) in [6.45, 7) is 8.84. The standard InChI is InChI=1S/C10H14BNO3.C3H8/c1-10(2)7-14-11(15-10)8-4-9(13-3)6-12-5-8;1-3-2/h4-6H,7H2,1-3H3;3H2,1-2H3. The van der Waals surface area contributed by atoms with Crippen LogP contribution in [0.2, 0.25) is 0 Å². The average Bonchev–Trinajstić information content (AvgIpc) is 2.71. The van der Waals surface area contributed by atoms with Gasteiger partial charge in [0.15, 0.2) is 0 Å². The Bertz CT molecular complexity index is 371. The van der Waals surface area contributed by atoms with Crippen molar-refractivity contribution in [3.05, 3.63) is 18.5 Å². The smallest absolute Gasteiger partial charge is 0.495 e. The zero-order chi connectivity index (χ0) is 13.6. The van der Waals surface area contributed by atoms with E-state index in [9.17, 15) is 0 Å². The van der Waals surface area contributed by atoms with E-state index in [1.54, 1.807) is 19.5 Å². The summed E-state index contributed by atoms with van der Waals surface area (Å²) in [7, 11) is 1.28. The van der Waals surface area contributed by atoms with E-state index in [4.69, 9.17) is 14.0 Å². The molecule has 0 amide bonds. The van der Waals surface area contributed by atoms with Crippen LogP contribution in [0.3, 0.4) is 0 Å². The molecule has 4 nitrogen and oxygen atoms in total. The highest BCUT2D eigenvalue weighted by atomic mass is 16.7. The van der Waals surface area contributed by atoms with Gasteiger partial charge in [-0.15, -0.1) is 0 Å². The number of nitrogens with zero attached hydrogens (tertiary/aromatic N) is 1. The molecule has 0 bridgehead atoms. The molecule has 1 aliphatic rings. The molecule has 1 aromatic rings. The van der Waals surface area contributed by atoms with Gasteiger partial charge in [0.1, 0.15) is 5.75 Å². The summed E-state index contributed by atoms with van der Waals surface area (Å²) in [5.74, 6) is 0.712. The number of methoxy groups -OCH3 is 1. The van der Waals surface area contributed by atoms with Gasteiger partial charge >= 0.3 is 7.12 Å². The molecule has 1 saturated heterocycles. The molecule has 0 atom stereocenters. The first kappa shape index (κ1) is 15.0. The van der Waals surface area contributed by atoms with Crippen molar-refractivity contribution in [2.24, 2.45) is 0 Å². The Morgan fingerprint density at radius 1 is 1.39 bits per heavy atom. The summed E-state index contributed by atoms with van der Waals surface area (Å²) in [4.78, 5) is 4.06. The largest absolute Gasteiger partial charge is 0.496 e. The summed E-state index contributed by atoms with van der Waals surface area (Å²) in [6.07, 6.45) is 4.64. The van der Waals surface area contributed by atoms with Crippen molar-refractivity contribution in [2.45, 2.75) is 39.7 Å². The van der Waals surface area contributed by atoms with Crippen LogP contribution in [0.4, 0.5) is 0 Å². The Kier molecular flexibility index (Phi) is 5.63. The molecule has 0 aliphatic carbocycles. The highest BCUT2D eigenvalue weighted by molar-refractivity contribution is 6.61. The second kappa shape index (κ2) is 6.76. The van der Waals surface area contributed by atoms with Crippen molar-refractivity contribution in [1.29, 1.82) is 0 Å². The van der Waals surface area contributed by atoms with E-state index in [1.807, 2.05) is 19.9 Å². The van der Waals surface area contributed by atoms with Crippen LogP contribution in [0.15, 0.2) is 18.5 Å². The summed E-state index contributed by atoms with van der Waals surface area (Å²) in [5.41, 5.74) is 0.660. The molecule has 0 spiro atoms. The predicted octanol–water partition coefficient (Wildman–Crippen LogP) is 2.03. The van der Waals surface area contributed by atoms with Crippen molar-refractivity contribution >= 4 is 12.6 Å². The van der Waals surface area contributed by atoms with E-state index in [0.717, 1.165) is 5.46 Å². The Morgan fingerprint density at radius 3 is 2.56 bits per heavy atom. The summed E-state index contributed by atoms with van der Waals surface area (Å²) >= 11 is 0. The molecule has 0 unspecified atom stereocenters. The van der Waals surface area contributed by atoms with Crippen LogP contribution in [-0.4, -0.2) is 31.4 Å². The van der Waals surface area contributed by atoms with Gasteiger partial charge in [-0.25, -0.2) is 0 Å². The van der Waals surface area contributed by atoms with E-state index < -0.39 is 0 Å². The lowest BCUT2D eigenvalue weighted by Gasteiger charge is -2.15. The van der Waals surface area contributed by atoms with Crippen molar-refractivity contribution in [1.82, 2.24) is 4.98 Å². The number of pyridine rings is 1. The molecular formula is C13H22BNO3. The predicted molar refractivity (Wildman–Crippen MR) is 73.3 cm³/mol. The molecule has 0 radical (unpaired) electrons. The maximum atomic E-state index is 5.72. The molecule has 2 rings (SSSR count). The van der Waals surface area contributed by atoms with E-state index in [2.05, 4.69) is 18.8 Å². The number of aromatic nitrogens is 1. The second-order valence-electron chi connectivity index (χ2n) is 4.89. The SMILES string of the molecule is CCC.COc1cncc(B2OCC(C)(C)O2)c1. The van der Waals surface area contributed by atoms with Gasteiger partial charge < -0.3 is 14.0 Å². The fourth-order valence-corrected chi connectivity index (χ4v) is 1.47. The second-order valence-corrected chi connectivity index (χ2v) is 4.89. The van der Waals surface area contributed by atoms with E-state index in [1.165, 1.54) is 6.42 Å². The van der Waals surface area contributed by atoms with Gasteiger partial charge in [0.05, 0.1) is 25.5 Å². The van der Waals surface area contributed by atoms with Crippen molar-refractivity contribution in [3.8, 4) is 5.75 Å². The summed E-state index contributed by atoms with van der Waals surface area (Å²) < 4.78 is 16.3. The lowest BCUT2D eigenvalue weighted by molar-refractivity contribution is 0.137. The summed E-state index contributed by atoms with van der Waals surface area (Å²) in [5, 5.41) is 0. The Morgan fingerprint density at radius 2 is 2.06 bits per heavy atom. The molecule has 0 N–H and O–H groups in total. The molecule has 1 aromatic heterocycles. The molecule has 18 heavy (non-hydrogen) atoms. The zero-order valence-electron chi connectivity index (χ0n) is 11.9. The molecule has 0 aromatic carbocycles. The van der Waals surface area contributed by atoms with Gasteiger partial charge in [0.25, 0.3) is 0 Å². The minimum atomic E-state index is -0.331. The maximum Gasteiger partial charge on any atom is 0.496 e. The van der Waals surface area contributed by atoms with Crippen LogP contribution >= 0.6 is 0 Å². The van der Waals surface area contributed by atoms with E-state index >= 15 is 0 Å². The molecule has 1 aliphatic heterocycles. The minimum absolute atomic E-state index is 0.228. The lowest BCUT2D eigenvalue weighted by Crippen LogP contribution is -2.34. The first-order chi connectivity index (χ1) is 8.52. The normalized spacial score (nSPS) is 17.1. The van der Waals surface area contributed by atoms with Crippen molar-refractivity contribution in [2.75, 3.05) is 13.7 Å². The Labute approximate surface area is 110 Å². The first-order valence-electron chi connectivity index (χ1n) is 6.30. The molecular weight excluding hydrogens is 229 g/mol. The van der Waals surface area contributed by atoms with Gasteiger partial charge in [-0.1, -0.05) is 20.3 Å². The van der Waals surface area contributed by atoms with Gasteiger partial charge in [-0.3, -0.25) is 4.98 Å². The summed E-state index contributed by atoms with van der Waals surface area (Å²) in [6, 6.07) is 1.87. The lowest BCUT2D eigenvalue weighted by atomic mass is 9.80. The highest BCUT2D eigenvalue weighted by Gasteiger charge is 2.38. The van der Waals surface area contributed by atoms with Crippen molar-refractivity contribution in [3.63, 3.8) is 0 Å². The van der Waals surface area contributed by atoms with E-state index in [-0.39, 0.29) is 12.7 Å². The van der Waals surface area contributed by atoms with Crippen LogP contribution in [0.5, 0.6) is 5.75 Å². The van der Waals surface area contributed by atoms with Crippen LogP contribution in [0.1, 0.15) is 34.1 Å². The first-order valence-corrected chi connectivity index (χ1v) is 6.30. The zero-order valence-corrected chi connectivity index (χ0v) is 11.9. The van der Waals surface area contributed by atoms with Crippen LogP contribution in [0, 0.1) is 0 Å². The third kappa shape index (κ3) is 4.31. The molecule has 0 saturated carbocycles. The molecule has 5 heteroatoms. The van der Waals surface area contributed by atoms with Gasteiger partial charge in [-0.2, -0.15) is 0 Å². The topological polar surface area (TPSA) is 40.6 Å². The van der Waals surface area contributed by atoms with E-state index in [0.29, 0.717) is 12.4 Å². The van der Waals surface area contributed by atoms with Crippen LogP contribution in [0.25, 0.3) is 0 Å². The quantitative estimate of drug-likeness (QED) is 0.754. The van der Waals surface area contributed by atoms with Crippen molar-refractivity contribution < 1.29 is 14.0 Å². The highest BCUT2D eigenvalue weighted by Crippen LogP contribution is 2.19. The molecule has 100 valence electrons. The number of hydrogen-bond acceptors (Lipinski definition) is 4. The minimum Gasteiger partial charge on any atom is -0.495 e. The Hall–Kier alpha value is -1.07. The Balaban J connectivity index is 0.000000492. The van der Waals surface area contributed by atoms with Crippen LogP contribution < -0.4 is 10.2 Å². The average molecular weight is 251 g/mol. The third-order valence-electron chi connectivity index (χ3n) is 2.25.